The molecule has 0 saturated heterocycles. The number of hydrogen-bond donors (Lipinski definition) is 0. The van der Waals surface area contributed by atoms with Gasteiger partial charge in [-0.15, -0.1) is 0 Å². The molecule has 6 heteroatoms. The summed E-state index contributed by atoms with van der Waals surface area (Å²) in [5, 5.41) is 9.95. The van der Waals surface area contributed by atoms with E-state index in [1.165, 1.54) is 14.2 Å². The Bertz CT molecular complexity index is 950. The average molecular weight is 334 g/mol. The molecule has 124 valence electrons. The lowest BCUT2D eigenvalue weighted by molar-refractivity contribution is -0.139. The van der Waals surface area contributed by atoms with Crippen molar-refractivity contribution >= 4 is 18.0 Å². The van der Waals surface area contributed by atoms with Gasteiger partial charge in [-0.2, -0.15) is 5.26 Å². The monoisotopic (exact) mass is 334 g/mol. The van der Waals surface area contributed by atoms with Gasteiger partial charge < -0.3 is 14.4 Å². The maximum Gasteiger partial charge on any atom is 0.338 e. The highest BCUT2D eigenvalue weighted by molar-refractivity contribution is 6.06. The zero-order valence-corrected chi connectivity index (χ0v) is 13.6. The summed E-state index contributed by atoms with van der Waals surface area (Å²) in [6.45, 7) is 0. The number of carbonyl (C=O) groups excluding carboxylic acids is 2. The van der Waals surface area contributed by atoms with Crippen molar-refractivity contribution < 1.29 is 19.1 Å². The fraction of sp³-hybridized carbons (Fsp3) is 0.211. The number of fused-ring (bicyclic) bond motifs is 2. The van der Waals surface area contributed by atoms with Crippen LogP contribution in [0.15, 0.2) is 53.3 Å². The fourth-order valence-corrected chi connectivity index (χ4v) is 3.90. The first-order chi connectivity index (χ1) is 12.1. The molecule has 3 heterocycles. The molecule has 4 rings (SSSR count). The van der Waals surface area contributed by atoms with Crippen LogP contribution in [0.1, 0.15) is 17.2 Å². The Morgan fingerprint density at radius 3 is 2.60 bits per heavy atom. The molecule has 3 aliphatic heterocycles. The zero-order chi connectivity index (χ0) is 17.8. The fourth-order valence-electron chi connectivity index (χ4n) is 3.90. The van der Waals surface area contributed by atoms with Crippen LogP contribution in [0.2, 0.25) is 0 Å². The van der Waals surface area contributed by atoms with E-state index in [9.17, 15) is 14.9 Å². The number of nitriles is 1. The van der Waals surface area contributed by atoms with Crippen LogP contribution in [0.4, 0.5) is 0 Å². The number of ether oxygens (including phenoxy) is 2. The molecule has 0 amide bonds. The molecule has 0 aliphatic carbocycles. The van der Waals surface area contributed by atoms with Crippen molar-refractivity contribution in [2.75, 3.05) is 14.2 Å². The summed E-state index contributed by atoms with van der Waals surface area (Å²) in [5.74, 6) is -1.35. The first-order valence-electron chi connectivity index (χ1n) is 7.70. The summed E-state index contributed by atoms with van der Waals surface area (Å²) in [5.41, 5.74) is 1.34. The van der Waals surface area contributed by atoms with Crippen LogP contribution >= 0.6 is 0 Å². The highest BCUT2D eigenvalue weighted by Crippen LogP contribution is 2.56. The molecule has 0 aromatic heterocycles. The SMILES string of the molecule is COC(=O)C1=C(C(=O)OC)[C@@]2(C#N)C=CC3=Cc4ccccc4[C@@H]1N32. The van der Waals surface area contributed by atoms with E-state index in [-0.39, 0.29) is 11.1 Å². The van der Waals surface area contributed by atoms with Gasteiger partial charge in [-0.1, -0.05) is 24.3 Å². The van der Waals surface area contributed by atoms with Gasteiger partial charge in [0.25, 0.3) is 0 Å². The van der Waals surface area contributed by atoms with E-state index in [2.05, 4.69) is 6.07 Å². The molecule has 0 radical (unpaired) electrons. The molecular weight excluding hydrogens is 320 g/mol. The summed E-state index contributed by atoms with van der Waals surface area (Å²) < 4.78 is 9.83. The second-order valence-electron chi connectivity index (χ2n) is 5.95. The molecule has 3 aliphatic rings. The molecule has 2 atom stereocenters. The second-order valence-corrected chi connectivity index (χ2v) is 5.95. The van der Waals surface area contributed by atoms with Crippen LogP contribution < -0.4 is 0 Å². The average Bonchev–Trinajstić information content (AvgIpc) is 3.17. The summed E-state index contributed by atoms with van der Waals surface area (Å²) in [6, 6.07) is 9.21. The standard InChI is InChI=1S/C19H14N2O4/c1-24-17(22)14-15(18(23)25-2)19(10-20)8-7-12-9-11-5-3-4-6-13(11)16(14)21(12)19/h3-9,16H,1-2H3/t16-,19-/m0/s1. The van der Waals surface area contributed by atoms with Crippen molar-refractivity contribution in [2.45, 2.75) is 11.6 Å². The summed E-state index contributed by atoms with van der Waals surface area (Å²) in [7, 11) is 2.49. The van der Waals surface area contributed by atoms with Crippen LogP contribution in [0.5, 0.6) is 0 Å². The molecule has 1 aromatic rings. The number of benzene rings is 1. The second kappa shape index (κ2) is 5.08. The number of methoxy groups -OCH3 is 2. The van der Waals surface area contributed by atoms with Crippen LogP contribution in [0.25, 0.3) is 6.08 Å². The van der Waals surface area contributed by atoms with E-state index in [0.717, 1.165) is 16.8 Å². The minimum absolute atomic E-state index is 0.0192. The van der Waals surface area contributed by atoms with Gasteiger partial charge in [-0.25, -0.2) is 9.59 Å². The van der Waals surface area contributed by atoms with Crippen molar-refractivity contribution in [3.63, 3.8) is 0 Å². The Morgan fingerprint density at radius 2 is 1.92 bits per heavy atom. The topological polar surface area (TPSA) is 79.6 Å². The molecule has 0 unspecified atom stereocenters. The lowest BCUT2D eigenvalue weighted by Crippen LogP contribution is -2.43. The van der Waals surface area contributed by atoms with Crippen LogP contribution in [-0.4, -0.2) is 36.6 Å². The predicted molar refractivity (Wildman–Crippen MR) is 87.5 cm³/mol. The van der Waals surface area contributed by atoms with Gasteiger partial charge in [-0.3, -0.25) is 0 Å². The summed E-state index contributed by atoms with van der Waals surface area (Å²) in [4.78, 5) is 26.9. The molecule has 0 saturated carbocycles. The lowest BCUT2D eigenvalue weighted by Gasteiger charge is -2.37. The quantitative estimate of drug-likeness (QED) is 0.768. The third-order valence-electron chi connectivity index (χ3n) is 4.89. The third-order valence-corrected chi connectivity index (χ3v) is 4.89. The minimum Gasteiger partial charge on any atom is -0.466 e. The Labute approximate surface area is 144 Å². The Balaban J connectivity index is 2.09. The highest BCUT2D eigenvalue weighted by atomic mass is 16.5. The molecule has 0 N–H and O–H groups in total. The number of esters is 2. The van der Waals surface area contributed by atoms with E-state index >= 15 is 0 Å². The van der Waals surface area contributed by atoms with Crippen LogP contribution in [-0.2, 0) is 19.1 Å². The van der Waals surface area contributed by atoms with E-state index in [1.807, 2.05) is 30.3 Å². The van der Waals surface area contributed by atoms with Gasteiger partial charge in [0.05, 0.1) is 31.4 Å². The number of hydrogen-bond acceptors (Lipinski definition) is 6. The van der Waals surface area contributed by atoms with E-state index in [0.29, 0.717) is 0 Å². The van der Waals surface area contributed by atoms with Gasteiger partial charge in [0.15, 0.2) is 5.54 Å². The Kier molecular flexibility index (Phi) is 3.09. The molecule has 6 nitrogen and oxygen atoms in total. The molecule has 0 fully saturated rings. The van der Waals surface area contributed by atoms with Crippen molar-refractivity contribution in [3.05, 3.63) is 64.4 Å². The van der Waals surface area contributed by atoms with Gasteiger partial charge in [0.2, 0.25) is 0 Å². The van der Waals surface area contributed by atoms with E-state index in [1.54, 1.807) is 17.1 Å². The van der Waals surface area contributed by atoms with Gasteiger partial charge in [-0.05, 0) is 29.4 Å². The maximum absolute atomic E-state index is 12.6. The predicted octanol–water partition coefficient (Wildman–Crippen LogP) is 1.87. The molecule has 0 bridgehead atoms. The molecular formula is C19H14N2O4. The van der Waals surface area contributed by atoms with Gasteiger partial charge >= 0.3 is 11.9 Å². The number of rotatable bonds is 2. The first-order valence-corrected chi connectivity index (χ1v) is 7.70. The molecule has 0 spiro atoms. The van der Waals surface area contributed by atoms with Crippen molar-refractivity contribution in [2.24, 2.45) is 0 Å². The zero-order valence-electron chi connectivity index (χ0n) is 13.6. The van der Waals surface area contributed by atoms with Gasteiger partial charge in [0.1, 0.15) is 6.07 Å². The number of nitrogens with zero attached hydrogens (tertiary/aromatic N) is 2. The summed E-state index contributed by atoms with van der Waals surface area (Å²) in [6.07, 6.45) is 5.37. The smallest absolute Gasteiger partial charge is 0.338 e. The first kappa shape index (κ1) is 15.2. The highest BCUT2D eigenvalue weighted by Gasteiger charge is 2.60. The number of carbonyl (C=O) groups is 2. The van der Waals surface area contributed by atoms with Crippen molar-refractivity contribution in [1.29, 1.82) is 5.26 Å². The third kappa shape index (κ3) is 1.72. The minimum atomic E-state index is -1.37. The lowest BCUT2D eigenvalue weighted by atomic mass is 9.89. The van der Waals surface area contributed by atoms with Crippen LogP contribution in [0.3, 0.4) is 0 Å². The normalized spacial score (nSPS) is 25.1. The van der Waals surface area contributed by atoms with E-state index in [4.69, 9.17) is 9.47 Å². The van der Waals surface area contributed by atoms with Gasteiger partial charge in [0, 0.05) is 5.70 Å². The summed E-state index contributed by atoms with van der Waals surface area (Å²) >= 11 is 0. The van der Waals surface area contributed by atoms with Crippen LogP contribution in [0, 0.1) is 11.3 Å². The van der Waals surface area contributed by atoms with E-state index < -0.39 is 23.5 Å². The Morgan fingerprint density at radius 1 is 1.20 bits per heavy atom. The van der Waals surface area contributed by atoms with Crippen molar-refractivity contribution in [1.82, 2.24) is 4.90 Å². The maximum atomic E-state index is 12.6. The number of allylic oxidation sites excluding steroid dienone is 1. The largest absolute Gasteiger partial charge is 0.466 e. The Hall–Kier alpha value is -3.33. The van der Waals surface area contributed by atoms with Crippen molar-refractivity contribution in [3.8, 4) is 6.07 Å². The molecule has 1 aromatic carbocycles. The molecule has 25 heavy (non-hydrogen) atoms.